The van der Waals surface area contributed by atoms with Crippen molar-refractivity contribution in [3.05, 3.63) is 54.1 Å². The number of rotatable bonds is 5. The van der Waals surface area contributed by atoms with Gasteiger partial charge in [0.15, 0.2) is 5.13 Å². The molecule has 1 aliphatic rings. The third-order valence-corrected chi connectivity index (χ3v) is 6.07. The summed E-state index contributed by atoms with van der Waals surface area (Å²) < 4.78 is 6.37. The van der Waals surface area contributed by atoms with Gasteiger partial charge < -0.3 is 19.9 Å². The number of aromatic nitrogens is 1. The van der Waals surface area contributed by atoms with Crippen molar-refractivity contribution in [2.75, 3.05) is 44.7 Å². The SMILES string of the molecule is COc1ccc(CCNC(=O)N2CCN(c3nc4ccccc4s3)CC2)cc1. The number of hydrogen-bond acceptors (Lipinski definition) is 5. The Morgan fingerprint density at radius 2 is 1.86 bits per heavy atom. The Bertz CT molecular complexity index is 900. The molecule has 1 aromatic heterocycles. The predicted molar refractivity (Wildman–Crippen MR) is 114 cm³/mol. The molecule has 0 bridgehead atoms. The molecule has 146 valence electrons. The Kier molecular flexibility index (Phi) is 5.62. The quantitative estimate of drug-likeness (QED) is 0.718. The lowest BCUT2D eigenvalue weighted by Crippen LogP contribution is -2.52. The first-order chi connectivity index (χ1) is 13.7. The highest BCUT2D eigenvalue weighted by molar-refractivity contribution is 7.22. The molecular formula is C21H24N4O2S. The van der Waals surface area contributed by atoms with E-state index in [1.165, 1.54) is 10.3 Å². The third kappa shape index (κ3) is 4.20. The lowest BCUT2D eigenvalue weighted by Gasteiger charge is -2.34. The molecule has 7 heteroatoms. The van der Waals surface area contributed by atoms with Gasteiger partial charge >= 0.3 is 6.03 Å². The fourth-order valence-corrected chi connectivity index (χ4v) is 4.33. The van der Waals surface area contributed by atoms with Crippen LogP contribution in [0.15, 0.2) is 48.5 Å². The molecule has 4 rings (SSSR count). The number of benzene rings is 2. The number of anilines is 1. The molecular weight excluding hydrogens is 372 g/mol. The first kappa shape index (κ1) is 18.6. The summed E-state index contributed by atoms with van der Waals surface area (Å²) in [6, 6.07) is 16.2. The van der Waals surface area contributed by atoms with Gasteiger partial charge in [0.25, 0.3) is 0 Å². The summed E-state index contributed by atoms with van der Waals surface area (Å²) in [5.74, 6) is 0.846. The smallest absolute Gasteiger partial charge is 0.317 e. The summed E-state index contributed by atoms with van der Waals surface area (Å²) >= 11 is 1.71. The molecule has 0 spiro atoms. The van der Waals surface area contributed by atoms with Crippen LogP contribution in [0.4, 0.5) is 9.93 Å². The molecule has 0 unspecified atom stereocenters. The lowest BCUT2D eigenvalue weighted by atomic mass is 10.1. The zero-order chi connectivity index (χ0) is 19.3. The average Bonchev–Trinajstić information content (AvgIpc) is 3.18. The normalized spacial score (nSPS) is 14.3. The van der Waals surface area contributed by atoms with E-state index in [9.17, 15) is 4.79 Å². The van der Waals surface area contributed by atoms with Gasteiger partial charge in [-0.2, -0.15) is 0 Å². The van der Waals surface area contributed by atoms with Crippen LogP contribution in [-0.2, 0) is 6.42 Å². The van der Waals surface area contributed by atoms with Crippen molar-refractivity contribution in [1.29, 1.82) is 0 Å². The number of fused-ring (bicyclic) bond motifs is 1. The van der Waals surface area contributed by atoms with Crippen molar-refractivity contribution in [2.24, 2.45) is 0 Å². The largest absolute Gasteiger partial charge is 0.497 e. The molecule has 6 nitrogen and oxygen atoms in total. The average molecular weight is 397 g/mol. The fraction of sp³-hybridized carbons (Fsp3) is 0.333. The van der Waals surface area contributed by atoms with Gasteiger partial charge in [0.2, 0.25) is 0 Å². The van der Waals surface area contributed by atoms with Gasteiger partial charge in [-0.15, -0.1) is 0 Å². The lowest BCUT2D eigenvalue weighted by molar-refractivity contribution is 0.194. The number of thiazole rings is 1. The Morgan fingerprint density at radius 3 is 2.57 bits per heavy atom. The first-order valence-electron chi connectivity index (χ1n) is 9.49. The standard InChI is InChI=1S/C21H24N4O2S/c1-27-17-8-6-16(7-9-17)10-11-22-20(26)24-12-14-25(15-13-24)21-23-18-4-2-3-5-19(18)28-21/h2-9H,10-15H2,1H3,(H,22,26). The van der Waals surface area contributed by atoms with Crippen LogP contribution >= 0.6 is 11.3 Å². The summed E-state index contributed by atoms with van der Waals surface area (Å²) in [5.41, 5.74) is 2.22. The van der Waals surface area contributed by atoms with E-state index < -0.39 is 0 Å². The molecule has 2 aromatic carbocycles. The van der Waals surface area contributed by atoms with Crippen LogP contribution in [0.1, 0.15) is 5.56 Å². The molecule has 2 heterocycles. The number of hydrogen-bond donors (Lipinski definition) is 1. The van der Waals surface area contributed by atoms with Crippen molar-refractivity contribution in [2.45, 2.75) is 6.42 Å². The number of piperazine rings is 1. The number of nitrogens with zero attached hydrogens (tertiary/aromatic N) is 3. The number of nitrogens with one attached hydrogen (secondary N) is 1. The summed E-state index contributed by atoms with van der Waals surface area (Å²) in [4.78, 5) is 21.3. The summed E-state index contributed by atoms with van der Waals surface area (Å²) in [7, 11) is 1.66. The molecule has 3 aromatic rings. The minimum Gasteiger partial charge on any atom is -0.497 e. The maximum atomic E-state index is 12.4. The van der Waals surface area contributed by atoms with Gasteiger partial charge in [0, 0.05) is 32.7 Å². The van der Waals surface area contributed by atoms with Crippen molar-refractivity contribution in [1.82, 2.24) is 15.2 Å². The maximum absolute atomic E-state index is 12.4. The second-order valence-electron chi connectivity index (χ2n) is 6.77. The summed E-state index contributed by atoms with van der Waals surface area (Å²) in [6.45, 7) is 3.68. The van der Waals surface area contributed by atoms with Gasteiger partial charge in [-0.05, 0) is 36.2 Å². The molecule has 28 heavy (non-hydrogen) atoms. The molecule has 0 radical (unpaired) electrons. The van der Waals surface area contributed by atoms with Gasteiger partial charge in [-0.3, -0.25) is 0 Å². The Balaban J connectivity index is 1.24. The van der Waals surface area contributed by atoms with Crippen LogP contribution in [0.25, 0.3) is 10.2 Å². The van der Waals surface area contributed by atoms with E-state index in [1.54, 1.807) is 18.4 Å². The zero-order valence-corrected chi connectivity index (χ0v) is 16.7. The van der Waals surface area contributed by atoms with Crippen LogP contribution < -0.4 is 15.0 Å². The topological polar surface area (TPSA) is 57.7 Å². The number of methoxy groups -OCH3 is 1. The van der Waals surface area contributed by atoms with Gasteiger partial charge in [-0.25, -0.2) is 9.78 Å². The Labute approximate surface area is 168 Å². The highest BCUT2D eigenvalue weighted by atomic mass is 32.1. The van der Waals surface area contributed by atoms with Gasteiger partial charge in [0.05, 0.1) is 17.3 Å². The number of para-hydroxylation sites is 1. The van der Waals surface area contributed by atoms with Gasteiger partial charge in [0.1, 0.15) is 5.75 Å². The monoisotopic (exact) mass is 396 g/mol. The van der Waals surface area contributed by atoms with E-state index in [2.05, 4.69) is 16.3 Å². The van der Waals surface area contributed by atoms with Crippen LogP contribution in [0, 0.1) is 0 Å². The second kappa shape index (κ2) is 8.48. The molecule has 1 fully saturated rings. The fourth-order valence-electron chi connectivity index (χ4n) is 3.31. The van der Waals surface area contributed by atoms with E-state index in [0.717, 1.165) is 35.9 Å². The highest BCUT2D eigenvalue weighted by Crippen LogP contribution is 2.29. The number of urea groups is 1. The van der Waals surface area contributed by atoms with Crippen LogP contribution in [0.3, 0.4) is 0 Å². The van der Waals surface area contributed by atoms with E-state index in [1.807, 2.05) is 47.4 Å². The number of ether oxygens (including phenoxy) is 1. The van der Waals surface area contributed by atoms with E-state index in [0.29, 0.717) is 19.6 Å². The van der Waals surface area contributed by atoms with Gasteiger partial charge in [-0.1, -0.05) is 35.6 Å². The molecule has 1 aliphatic heterocycles. The first-order valence-corrected chi connectivity index (χ1v) is 10.3. The van der Waals surface area contributed by atoms with Crippen molar-refractivity contribution < 1.29 is 9.53 Å². The maximum Gasteiger partial charge on any atom is 0.317 e. The Morgan fingerprint density at radius 1 is 1.11 bits per heavy atom. The minimum atomic E-state index is 0.0115. The van der Waals surface area contributed by atoms with Crippen molar-refractivity contribution in [3.8, 4) is 5.75 Å². The van der Waals surface area contributed by atoms with Crippen LogP contribution in [-0.4, -0.2) is 55.7 Å². The third-order valence-electron chi connectivity index (χ3n) is 4.97. The molecule has 0 atom stereocenters. The molecule has 1 saturated heterocycles. The minimum absolute atomic E-state index is 0.0115. The van der Waals surface area contributed by atoms with Crippen LogP contribution in [0.5, 0.6) is 5.75 Å². The van der Waals surface area contributed by atoms with Crippen LogP contribution in [0.2, 0.25) is 0 Å². The predicted octanol–water partition coefficient (Wildman–Crippen LogP) is 3.38. The number of amides is 2. The number of carbonyl (C=O) groups is 1. The van der Waals surface area contributed by atoms with E-state index in [-0.39, 0.29) is 6.03 Å². The molecule has 1 N–H and O–H groups in total. The molecule has 0 saturated carbocycles. The molecule has 2 amide bonds. The Hall–Kier alpha value is -2.80. The molecule has 0 aliphatic carbocycles. The van der Waals surface area contributed by atoms with Crippen molar-refractivity contribution in [3.63, 3.8) is 0 Å². The number of carbonyl (C=O) groups excluding carboxylic acids is 1. The summed E-state index contributed by atoms with van der Waals surface area (Å²) in [6.07, 6.45) is 0.807. The highest BCUT2D eigenvalue weighted by Gasteiger charge is 2.22. The second-order valence-corrected chi connectivity index (χ2v) is 7.78. The zero-order valence-electron chi connectivity index (χ0n) is 15.9. The van der Waals surface area contributed by atoms with Crippen molar-refractivity contribution >= 4 is 32.7 Å². The van der Waals surface area contributed by atoms with E-state index >= 15 is 0 Å². The van der Waals surface area contributed by atoms with E-state index in [4.69, 9.17) is 9.72 Å². The summed E-state index contributed by atoms with van der Waals surface area (Å²) in [5, 5.41) is 4.07.